The maximum atomic E-state index is 4.46. The summed E-state index contributed by atoms with van der Waals surface area (Å²) in [7, 11) is 0. The molecule has 19 heavy (non-hydrogen) atoms. The van der Waals surface area contributed by atoms with Crippen molar-refractivity contribution in [1.29, 1.82) is 0 Å². The summed E-state index contributed by atoms with van der Waals surface area (Å²) in [6.07, 6.45) is 7.53. The smallest absolute Gasteiger partial charge is 0.0561 e. The van der Waals surface area contributed by atoms with Gasteiger partial charge in [0.25, 0.3) is 0 Å². The third kappa shape index (κ3) is 4.58. The minimum atomic E-state index is 0.0617. The van der Waals surface area contributed by atoms with Gasteiger partial charge < -0.3 is 9.97 Å². The lowest BCUT2D eigenvalue weighted by Crippen LogP contribution is -2.19. The van der Waals surface area contributed by atoms with E-state index >= 15 is 0 Å². The predicted octanol–water partition coefficient (Wildman–Crippen LogP) is 2.91. The Morgan fingerprint density at radius 3 is 1.79 bits per heavy atom. The third-order valence-corrected chi connectivity index (χ3v) is 2.74. The number of aliphatic imine (C=N–C) groups is 2. The van der Waals surface area contributed by atoms with Gasteiger partial charge in [-0.15, -0.1) is 0 Å². The second-order valence-corrected chi connectivity index (χ2v) is 5.35. The van der Waals surface area contributed by atoms with E-state index in [9.17, 15) is 0 Å². The topological polar surface area (TPSA) is 56.3 Å². The second kappa shape index (κ2) is 6.18. The molecule has 0 saturated heterocycles. The fourth-order valence-electron chi connectivity index (χ4n) is 1.68. The van der Waals surface area contributed by atoms with E-state index < -0.39 is 0 Å². The Kier molecular flexibility index (Phi) is 4.34. The average Bonchev–Trinajstić information content (AvgIpc) is 3.01. The molecule has 4 heteroatoms. The molecule has 0 fully saturated rings. The van der Waals surface area contributed by atoms with Gasteiger partial charge in [-0.2, -0.15) is 0 Å². The van der Waals surface area contributed by atoms with E-state index in [0.29, 0.717) is 0 Å². The van der Waals surface area contributed by atoms with Crippen molar-refractivity contribution in [2.24, 2.45) is 15.4 Å². The molecule has 0 spiro atoms. The van der Waals surface area contributed by atoms with Crippen molar-refractivity contribution in [3.63, 3.8) is 0 Å². The largest absolute Gasteiger partial charge is 0.360 e. The summed E-state index contributed by atoms with van der Waals surface area (Å²) in [5.41, 5.74) is 2.13. The Labute approximate surface area is 113 Å². The van der Waals surface area contributed by atoms with E-state index in [1.54, 1.807) is 0 Å². The van der Waals surface area contributed by atoms with Crippen LogP contribution in [0.5, 0.6) is 0 Å². The summed E-state index contributed by atoms with van der Waals surface area (Å²) in [5, 5.41) is 0. The fourth-order valence-corrected chi connectivity index (χ4v) is 1.68. The second-order valence-electron chi connectivity index (χ2n) is 5.35. The van der Waals surface area contributed by atoms with Crippen LogP contribution in [0, 0.1) is 5.41 Å². The Bertz CT molecular complexity index is 470. The SMILES string of the molecule is CC(C)(CN=Cc1ccc[nH]1)CN=Cc1ccc[nH]1. The number of nitrogens with one attached hydrogen (secondary N) is 2. The molecule has 2 heterocycles. The number of hydrogen-bond acceptors (Lipinski definition) is 2. The van der Waals surface area contributed by atoms with E-state index in [-0.39, 0.29) is 5.41 Å². The number of aromatic amines is 2. The molecular weight excluding hydrogens is 236 g/mol. The zero-order valence-corrected chi connectivity index (χ0v) is 11.4. The van der Waals surface area contributed by atoms with Gasteiger partial charge in [-0.25, -0.2) is 0 Å². The van der Waals surface area contributed by atoms with Crippen LogP contribution in [0.1, 0.15) is 25.2 Å². The zero-order chi connectivity index (χ0) is 13.6. The van der Waals surface area contributed by atoms with Crippen molar-refractivity contribution in [3.05, 3.63) is 48.0 Å². The predicted molar refractivity (Wildman–Crippen MR) is 80.3 cm³/mol. The van der Waals surface area contributed by atoms with E-state index in [1.165, 1.54) is 0 Å². The first-order valence-corrected chi connectivity index (χ1v) is 6.42. The normalized spacial score (nSPS) is 12.7. The molecule has 0 bridgehead atoms. The van der Waals surface area contributed by atoms with E-state index in [1.807, 2.05) is 49.1 Å². The maximum Gasteiger partial charge on any atom is 0.0561 e. The van der Waals surface area contributed by atoms with Crippen LogP contribution in [0.4, 0.5) is 0 Å². The molecule has 4 nitrogen and oxygen atoms in total. The van der Waals surface area contributed by atoms with Crippen LogP contribution in [0.2, 0.25) is 0 Å². The highest BCUT2D eigenvalue weighted by molar-refractivity contribution is 5.77. The van der Waals surface area contributed by atoms with Crippen molar-refractivity contribution in [2.75, 3.05) is 13.1 Å². The monoisotopic (exact) mass is 256 g/mol. The molecule has 2 rings (SSSR count). The molecule has 0 aliphatic rings. The molecule has 2 aromatic rings. The van der Waals surface area contributed by atoms with E-state index in [2.05, 4.69) is 33.8 Å². The summed E-state index contributed by atoms with van der Waals surface area (Å²) in [5.74, 6) is 0. The van der Waals surface area contributed by atoms with Crippen molar-refractivity contribution in [3.8, 4) is 0 Å². The number of aromatic nitrogens is 2. The van der Waals surface area contributed by atoms with Crippen molar-refractivity contribution >= 4 is 12.4 Å². The average molecular weight is 256 g/mol. The molecule has 0 aliphatic heterocycles. The molecule has 0 amide bonds. The molecule has 0 radical (unpaired) electrons. The molecule has 0 aliphatic carbocycles. The highest BCUT2D eigenvalue weighted by Gasteiger charge is 2.15. The molecule has 2 N–H and O–H groups in total. The van der Waals surface area contributed by atoms with Crippen LogP contribution in [-0.2, 0) is 0 Å². The van der Waals surface area contributed by atoms with Crippen LogP contribution >= 0.6 is 0 Å². The minimum absolute atomic E-state index is 0.0617. The lowest BCUT2D eigenvalue weighted by Gasteiger charge is -2.19. The zero-order valence-electron chi connectivity index (χ0n) is 11.4. The van der Waals surface area contributed by atoms with Gasteiger partial charge in [-0.1, -0.05) is 13.8 Å². The molecule has 0 unspecified atom stereocenters. The summed E-state index contributed by atoms with van der Waals surface area (Å²) in [6, 6.07) is 7.93. The standard InChI is InChI=1S/C15H20N4/c1-15(2,11-16-9-13-5-3-7-18-13)12-17-10-14-6-4-8-19-14/h3-10,18-19H,11-12H2,1-2H3. The van der Waals surface area contributed by atoms with E-state index in [0.717, 1.165) is 24.5 Å². The minimum Gasteiger partial charge on any atom is -0.360 e. The molecular formula is C15H20N4. The number of rotatable bonds is 6. The Morgan fingerprint density at radius 1 is 0.947 bits per heavy atom. The van der Waals surface area contributed by atoms with Crippen molar-refractivity contribution < 1.29 is 0 Å². The van der Waals surface area contributed by atoms with Gasteiger partial charge in [0.1, 0.15) is 0 Å². The van der Waals surface area contributed by atoms with Crippen molar-refractivity contribution in [2.45, 2.75) is 13.8 Å². The fraction of sp³-hybridized carbons (Fsp3) is 0.333. The molecule has 100 valence electrons. The first kappa shape index (κ1) is 13.3. The number of hydrogen-bond donors (Lipinski definition) is 2. The Hall–Kier alpha value is -2.10. The van der Waals surface area contributed by atoms with Crippen LogP contribution in [0.3, 0.4) is 0 Å². The van der Waals surface area contributed by atoms with Crippen LogP contribution in [-0.4, -0.2) is 35.5 Å². The third-order valence-electron chi connectivity index (χ3n) is 2.74. The number of H-pyrrole nitrogens is 2. The maximum absolute atomic E-state index is 4.46. The lowest BCUT2D eigenvalue weighted by atomic mass is 9.94. The highest BCUT2D eigenvalue weighted by atomic mass is 14.8. The van der Waals surface area contributed by atoms with Gasteiger partial charge in [0.05, 0.1) is 11.4 Å². The van der Waals surface area contributed by atoms with Crippen LogP contribution in [0.15, 0.2) is 46.6 Å². The first-order valence-electron chi connectivity index (χ1n) is 6.42. The van der Waals surface area contributed by atoms with Crippen LogP contribution < -0.4 is 0 Å². The summed E-state index contributed by atoms with van der Waals surface area (Å²) < 4.78 is 0. The number of nitrogens with zero attached hydrogens (tertiary/aromatic N) is 2. The Morgan fingerprint density at radius 2 is 1.42 bits per heavy atom. The lowest BCUT2D eigenvalue weighted by molar-refractivity contribution is 0.396. The van der Waals surface area contributed by atoms with Gasteiger partial charge in [-0.3, -0.25) is 9.98 Å². The summed E-state index contributed by atoms with van der Waals surface area (Å²) in [4.78, 5) is 15.1. The quantitative estimate of drug-likeness (QED) is 0.747. The van der Waals surface area contributed by atoms with Gasteiger partial charge in [0.15, 0.2) is 0 Å². The highest BCUT2D eigenvalue weighted by Crippen LogP contribution is 2.15. The van der Waals surface area contributed by atoms with Gasteiger partial charge >= 0.3 is 0 Å². The van der Waals surface area contributed by atoms with E-state index in [4.69, 9.17) is 0 Å². The molecule has 0 atom stereocenters. The first-order chi connectivity index (χ1) is 9.16. The van der Waals surface area contributed by atoms with Gasteiger partial charge in [-0.05, 0) is 24.3 Å². The van der Waals surface area contributed by atoms with Crippen molar-refractivity contribution in [1.82, 2.24) is 9.97 Å². The molecule has 2 aromatic heterocycles. The van der Waals surface area contributed by atoms with Gasteiger partial charge in [0.2, 0.25) is 0 Å². The van der Waals surface area contributed by atoms with Gasteiger partial charge in [0, 0.05) is 43.3 Å². The molecule has 0 aromatic carbocycles. The van der Waals surface area contributed by atoms with Crippen LogP contribution in [0.25, 0.3) is 0 Å². The Balaban J connectivity index is 1.81. The molecule has 0 saturated carbocycles. The summed E-state index contributed by atoms with van der Waals surface area (Å²) >= 11 is 0. The summed E-state index contributed by atoms with van der Waals surface area (Å²) in [6.45, 7) is 5.86.